The highest BCUT2D eigenvalue weighted by Gasteiger charge is 2.49. The van der Waals surface area contributed by atoms with Gasteiger partial charge in [-0.15, -0.1) is 0 Å². The third kappa shape index (κ3) is 2.17. The zero-order valence-corrected chi connectivity index (χ0v) is 12.2. The molecule has 1 aliphatic rings. The van der Waals surface area contributed by atoms with Gasteiger partial charge in [0.05, 0.1) is 6.07 Å². The lowest BCUT2D eigenvalue weighted by Gasteiger charge is -2.50. The normalized spacial score (nSPS) is 41.7. The van der Waals surface area contributed by atoms with Crippen molar-refractivity contribution < 1.29 is 0 Å². The average molecular weight is 323 g/mol. The van der Waals surface area contributed by atoms with E-state index < -0.39 is 0 Å². The Morgan fingerprint density at radius 1 is 1.43 bits per heavy atom. The summed E-state index contributed by atoms with van der Waals surface area (Å²) in [6, 6.07) is 2.32. The molecule has 0 spiro atoms. The van der Waals surface area contributed by atoms with Gasteiger partial charge >= 0.3 is 0 Å². The molecule has 3 unspecified atom stereocenters. The van der Waals surface area contributed by atoms with Crippen molar-refractivity contribution in [1.29, 1.82) is 5.26 Å². The third-order valence-corrected chi connectivity index (χ3v) is 6.20. The monoisotopic (exact) mass is 321 g/mol. The molecule has 80 valence electrons. The van der Waals surface area contributed by atoms with Crippen molar-refractivity contribution in [2.45, 2.75) is 49.2 Å². The minimum Gasteiger partial charge on any atom is -0.198 e. The predicted molar refractivity (Wildman–Crippen MR) is 66.8 cm³/mol. The van der Waals surface area contributed by atoms with Gasteiger partial charge in [0.25, 0.3) is 0 Å². The molecule has 0 aromatic rings. The molecule has 3 heteroatoms. The Labute approximate surface area is 104 Å². The second kappa shape index (κ2) is 4.14. The Balaban J connectivity index is 2.95. The van der Waals surface area contributed by atoms with Crippen molar-refractivity contribution in [2.75, 3.05) is 0 Å². The van der Waals surface area contributed by atoms with E-state index in [4.69, 9.17) is 5.26 Å². The van der Waals surface area contributed by atoms with Crippen molar-refractivity contribution in [3.05, 3.63) is 0 Å². The maximum atomic E-state index is 8.88. The molecule has 0 radical (unpaired) electrons. The molecule has 1 fully saturated rings. The molecule has 0 aromatic heterocycles. The van der Waals surface area contributed by atoms with Crippen molar-refractivity contribution in [2.24, 2.45) is 11.3 Å². The number of rotatable bonds is 1. The number of hydrogen-bond donors (Lipinski definition) is 0. The molecule has 0 saturated heterocycles. The lowest BCUT2D eigenvalue weighted by Crippen LogP contribution is -2.48. The van der Waals surface area contributed by atoms with E-state index in [9.17, 15) is 0 Å². The van der Waals surface area contributed by atoms with Gasteiger partial charge in [-0.3, -0.25) is 0 Å². The summed E-state index contributed by atoms with van der Waals surface area (Å²) in [5, 5.41) is 8.88. The van der Waals surface area contributed by atoms with Gasteiger partial charge in [0.1, 0.15) is 0 Å². The minimum absolute atomic E-state index is 0.122. The van der Waals surface area contributed by atoms with Gasteiger partial charge in [-0.05, 0) is 31.1 Å². The van der Waals surface area contributed by atoms with Crippen LogP contribution in [-0.2, 0) is 0 Å². The van der Waals surface area contributed by atoms with E-state index in [0.717, 1.165) is 6.42 Å². The topological polar surface area (TPSA) is 23.8 Å². The highest BCUT2D eigenvalue weighted by molar-refractivity contribution is 9.10. The Hall–Kier alpha value is 0.450. The smallest absolute Gasteiger partial charge is 0.0625 e. The largest absolute Gasteiger partial charge is 0.198 e. The van der Waals surface area contributed by atoms with Crippen LogP contribution in [0.15, 0.2) is 0 Å². The van der Waals surface area contributed by atoms with E-state index in [2.05, 4.69) is 58.7 Å². The molecule has 0 amide bonds. The van der Waals surface area contributed by atoms with Crippen LogP contribution in [0.4, 0.5) is 0 Å². The number of nitriles is 1. The summed E-state index contributed by atoms with van der Waals surface area (Å²) in [4.78, 5) is 0.527. The van der Waals surface area contributed by atoms with Crippen LogP contribution >= 0.6 is 31.9 Å². The van der Waals surface area contributed by atoms with Crippen LogP contribution in [0.1, 0.15) is 40.0 Å². The van der Waals surface area contributed by atoms with Crippen LogP contribution in [-0.4, -0.2) is 9.15 Å². The third-order valence-electron chi connectivity index (χ3n) is 3.61. The number of hydrogen-bond acceptors (Lipinski definition) is 1. The molecular weight excluding hydrogens is 306 g/mol. The van der Waals surface area contributed by atoms with Crippen LogP contribution in [0.2, 0.25) is 0 Å². The number of halogens is 2. The van der Waals surface area contributed by atoms with E-state index in [1.54, 1.807) is 0 Å². The first-order valence-corrected chi connectivity index (χ1v) is 6.73. The SMILES string of the molecule is CC1(Br)CCC(Br)C(C)(C)C1CC#N. The van der Waals surface area contributed by atoms with Crippen LogP contribution in [0.5, 0.6) is 0 Å². The van der Waals surface area contributed by atoms with E-state index >= 15 is 0 Å². The maximum Gasteiger partial charge on any atom is 0.0625 e. The molecule has 1 aliphatic carbocycles. The van der Waals surface area contributed by atoms with Crippen LogP contribution in [0.25, 0.3) is 0 Å². The first-order valence-electron chi connectivity index (χ1n) is 5.02. The zero-order valence-electron chi connectivity index (χ0n) is 8.98. The summed E-state index contributed by atoms with van der Waals surface area (Å²) in [6.45, 7) is 6.73. The van der Waals surface area contributed by atoms with E-state index in [1.165, 1.54) is 6.42 Å². The van der Waals surface area contributed by atoms with Gasteiger partial charge in [-0.1, -0.05) is 45.7 Å². The quantitative estimate of drug-likeness (QED) is 0.662. The molecule has 0 aliphatic heterocycles. The average Bonchev–Trinajstić information content (AvgIpc) is 2.07. The second-order valence-corrected chi connectivity index (χ2v) is 7.94. The Morgan fingerprint density at radius 2 is 2.00 bits per heavy atom. The van der Waals surface area contributed by atoms with Crippen LogP contribution in [0, 0.1) is 22.7 Å². The predicted octanol–water partition coefficient (Wildman–Crippen LogP) is 4.25. The molecule has 3 atom stereocenters. The Morgan fingerprint density at radius 3 is 2.50 bits per heavy atom. The fourth-order valence-electron chi connectivity index (χ4n) is 2.52. The highest BCUT2D eigenvalue weighted by atomic mass is 79.9. The molecule has 1 nitrogen and oxygen atoms in total. The Kier molecular flexibility index (Phi) is 3.70. The van der Waals surface area contributed by atoms with Crippen LogP contribution < -0.4 is 0 Å². The van der Waals surface area contributed by atoms with Crippen molar-refractivity contribution in [3.63, 3.8) is 0 Å². The summed E-state index contributed by atoms with van der Waals surface area (Å²) in [5.41, 5.74) is 0.187. The van der Waals surface area contributed by atoms with Gasteiger partial charge in [-0.2, -0.15) is 5.26 Å². The molecule has 1 saturated carbocycles. The first kappa shape index (κ1) is 12.5. The minimum atomic E-state index is 0.122. The summed E-state index contributed by atoms with van der Waals surface area (Å²) < 4.78 is 0.122. The van der Waals surface area contributed by atoms with Crippen molar-refractivity contribution >= 4 is 31.9 Å². The lowest BCUT2D eigenvalue weighted by atomic mass is 9.63. The standard InChI is InChI=1S/C11H17Br2N/c1-10(2)8(5-7-14)11(3,13)6-4-9(10)12/h8-9H,4-6H2,1-3H3. The van der Waals surface area contributed by atoms with Gasteiger partial charge in [0.2, 0.25) is 0 Å². The van der Waals surface area contributed by atoms with Crippen molar-refractivity contribution in [3.8, 4) is 6.07 Å². The van der Waals surface area contributed by atoms with E-state index in [1.807, 2.05) is 0 Å². The summed E-state index contributed by atoms with van der Waals surface area (Å²) >= 11 is 7.53. The van der Waals surface area contributed by atoms with E-state index in [0.29, 0.717) is 17.2 Å². The van der Waals surface area contributed by atoms with E-state index in [-0.39, 0.29) is 9.74 Å². The molecule has 0 heterocycles. The maximum absolute atomic E-state index is 8.88. The lowest BCUT2D eigenvalue weighted by molar-refractivity contribution is 0.122. The molecule has 0 bridgehead atoms. The summed E-state index contributed by atoms with van der Waals surface area (Å²) in [7, 11) is 0. The summed E-state index contributed by atoms with van der Waals surface area (Å²) in [6.07, 6.45) is 2.95. The van der Waals surface area contributed by atoms with Gasteiger partial charge < -0.3 is 0 Å². The zero-order chi connectivity index (χ0) is 11.0. The first-order chi connectivity index (χ1) is 6.32. The highest BCUT2D eigenvalue weighted by Crippen LogP contribution is 2.53. The number of nitrogens with zero attached hydrogens (tertiary/aromatic N) is 1. The fraction of sp³-hybridized carbons (Fsp3) is 0.909. The molecular formula is C11H17Br2N. The molecule has 14 heavy (non-hydrogen) atoms. The molecule has 0 aromatic carbocycles. The fourth-order valence-corrected chi connectivity index (χ4v) is 4.05. The Bertz CT molecular complexity index is 253. The van der Waals surface area contributed by atoms with Gasteiger partial charge in [0.15, 0.2) is 0 Å². The van der Waals surface area contributed by atoms with Crippen LogP contribution in [0.3, 0.4) is 0 Å². The summed E-state index contributed by atoms with van der Waals surface area (Å²) in [5.74, 6) is 0.415. The number of alkyl halides is 2. The van der Waals surface area contributed by atoms with Crippen molar-refractivity contribution in [1.82, 2.24) is 0 Å². The second-order valence-electron chi connectivity index (χ2n) is 5.02. The van der Waals surface area contributed by atoms with Gasteiger partial charge in [0, 0.05) is 15.6 Å². The molecule has 1 rings (SSSR count). The molecule has 0 N–H and O–H groups in total. The van der Waals surface area contributed by atoms with Gasteiger partial charge in [-0.25, -0.2) is 0 Å².